The van der Waals surface area contributed by atoms with E-state index in [0.29, 0.717) is 0 Å². The van der Waals surface area contributed by atoms with Gasteiger partial charge in [0, 0.05) is 27.4 Å². The van der Waals surface area contributed by atoms with Gasteiger partial charge in [0.15, 0.2) is 0 Å². The molecule has 0 aromatic carbocycles. The Hall–Kier alpha value is -0.163. The molecule has 0 atom stereocenters. The van der Waals surface area contributed by atoms with Crippen LogP contribution in [0.3, 0.4) is 0 Å². The molecule has 0 N–H and O–H groups in total. The molecule has 0 spiro atoms. The van der Waals surface area contributed by atoms with Crippen molar-refractivity contribution in [3.8, 4) is 0 Å². The van der Waals surface area contributed by atoms with E-state index >= 15 is 0 Å². The second-order valence-electron chi connectivity index (χ2n) is 3.40. The van der Waals surface area contributed by atoms with Gasteiger partial charge in [-0.05, 0) is 25.7 Å². The first-order valence-corrected chi connectivity index (χ1v) is 7.48. The van der Waals surface area contributed by atoms with Gasteiger partial charge in [-0.1, -0.05) is 19.1 Å². The Kier molecular flexibility index (Phi) is 8.99. The quantitative estimate of drug-likeness (QED) is 0.551. The SMILES string of the molecule is C1=CCCCC1.CC[Si](OC)(OC)OC. The van der Waals surface area contributed by atoms with Crippen LogP contribution in [0.25, 0.3) is 0 Å². The van der Waals surface area contributed by atoms with Crippen molar-refractivity contribution >= 4 is 8.80 Å². The molecule has 0 aromatic rings. The third kappa shape index (κ3) is 6.09. The summed E-state index contributed by atoms with van der Waals surface area (Å²) in [6.07, 6.45) is 10.0. The highest BCUT2D eigenvalue weighted by molar-refractivity contribution is 6.60. The van der Waals surface area contributed by atoms with E-state index in [9.17, 15) is 0 Å². The van der Waals surface area contributed by atoms with Gasteiger partial charge in [0.05, 0.1) is 0 Å². The Morgan fingerprint density at radius 2 is 1.33 bits per heavy atom. The van der Waals surface area contributed by atoms with E-state index < -0.39 is 8.80 Å². The summed E-state index contributed by atoms with van der Waals surface area (Å²) >= 11 is 0. The summed E-state index contributed by atoms with van der Waals surface area (Å²) in [7, 11) is 2.65. The van der Waals surface area contributed by atoms with Crippen LogP contribution in [0.5, 0.6) is 0 Å². The first-order valence-electron chi connectivity index (χ1n) is 5.55. The predicted molar refractivity (Wildman–Crippen MR) is 64.9 cm³/mol. The third-order valence-electron chi connectivity index (χ3n) is 2.52. The molecule has 0 aromatic heterocycles. The lowest BCUT2D eigenvalue weighted by molar-refractivity contribution is 0.125. The summed E-state index contributed by atoms with van der Waals surface area (Å²) in [4.78, 5) is 0. The highest BCUT2D eigenvalue weighted by Gasteiger charge is 2.34. The number of rotatable bonds is 4. The van der Waals surface area contributed by atoms with E-state index in [1.807, 2.05) is 6.92 Å². The van der Waals surface area contributed by atoms with Crippen molar-refractivity contribution in [2.45, 2.75) is 38.7 Å². The molecule has 0 heterocycles. The molecule has 4 heteroatoms. The molecule has 0 radical (unpaired) electrons. The number of hydrogen-bond acceptors (Lipinski definition) is 3. The number of hydrogen-bond donors (Lipinski definition) is 0. The molecule has 0 fully saturated rings. The van der Waals surface area contributed by atoms with Crippen molar-refractivity contribution in [3.63, 3.8) is 0 Å². The lowest BCUT2D eigenvalue weighted by atomic mass is 10.1. The van der Waals surface area contributed by atoms with Crippen LogP contribution in [0.15, 0.2) is 12.2 Å². The van der Waals surface area contributed by atoms with Crippen LogP contribution < -0.4 is 0 Å². The van der Waals surface area contributed by atoms with Crippen LogP contribution in [-0.4, -0.2) is 30.1 Å². The Balaban J connectivity index is 0.000000280. The molecule has 0 bridgehead atoms. The van der Waals surface area contributed by atoms with Crippen LogP contribution in [0.1, 0.15) is 32.6 Å². The van der Waals surface area contributed by atoms with E-state index in [1.165, 1.54) is 25.7 Å². The minimum absolute atomic E-state index is 0.816. The van der Waals surface area contributed by atoms with Gasteiger partial charge in [-0.25, -0.2) is 0 Å². The molecule has 0 saturated heterocycles. The molecular weight excluding hydrogens is 208 g/mol. The zero-order valence-corrected chi connectivity index (χ0v) is 11.4. The smallest absolute Gasteiger partial charge is 0.377 e. The minimum atomic E-state index is -2.19. The zero-order valence-electron chi connectivity index (χ0n) is 10.4. The van der Waals surface area contributed by atoms with Crippen molar-refractivity contribution < 1.29 is 13.3 Å². The van der Waals surface area contributed by atoms with Gasteiger partial charge < -0.3 is 13.3 Å². The van der Waals surface area contributed by atoms with Gasteiger partial charge in [-0.3, -0.25) is 0 Å². The van der Waals surface area contributed by atoms with Crippen LogP contribution in [0.4, 0.5) is 0 Å². The second kappa shape index (κ2) is 9.09. The maximum absolute atomic E-state index is 5.08. The van der Waals surface area contributed by atoms with Crippen LogP contribution in [-0.2, 0) is 13.3 Å². The van der Waals surface area contributed by atoms with Crippen molar-refractivity contribution in [1.29, 1.82) is 0 Å². The molecule has 0 unspecified atom stereocenters. The fourth-order valence-corrected chi connectivity index (χ4v) is 2.81. The van der Waals surface area contributed by atoms with Gasteiger partial charge in [-0.15, -0.1) is 0 Å². The molecule has 1 rings (SSSR count). The molecule has 1 aliphatic rings. The van der Waals surface area contributed by atoms with Gasteiger partial charge in [0.25, 0.3) is 0 Å². The zero-order chi connectivity index (χ0) is 11.6. The Bertz CT molecular complexity index is 142. The van der Waals surface area contributed by atoms with Crippen molar-refractivity contribution in [2.24, 2.45) is 0 Å². The molecule has 15 heavy (non-hydrogen) atoms. The van der Waals surface area contributed by atoms with E-state index in [-0.39, 0.29) is 0 Å². The van der Waals surface area contributed by atoms with E-state index in [0.717, 1.165) is 6.04 Å². The Morgan fingerprint density at radius 1 is 0.933 bits per heavy atom. The van der Waals surface area contributed by atoms with Gasteiger partial charge in [0.2, 0.25) is 0 Å². The summed E-state index contributed by atoms with van der Waals surface area (Å²) in [5, 5.41) is 0. The highest BCUT2D eigenvalue weighted by Crippen LogP contribution is 2.10. The minimum Gasteiger partial charge on any atom is -0.377 e. The fourth-order valence-electron chi connectivity index (χ4n) is 1.44. The monoisotopic (exact) mass is 232 g/mol. The second-order valence-corrected chi connectivity index (χ2v) is 6.70. The average molecular weight is 232 g/mol. The van der Waals surface area contributed by atoms with Gasteiger partial charge in [0.1, 0.15) is 0 Å². The van der Waals surface area contributed by atoms with Crippen LogP contribution in [0, 0.1) is 0 Å². The average Bonchev–Trinajstić information content (AvgIpc) is 2.36. The molecule has 0 aliphatic heterocycles. The lowest BCUT2D eigenvalue weighted by Gasteiger charge is -2.22. The topological polar surface area (TPSA) is 27.7 Å². The third-order valence-corrected chi connectivity index (χ3v) is 5.26. The molecule has 0 amide bonds. The largest absolute Gasteiger partial charge is 0.499 e. The van der Waals surface area contributed by atoms with Gasteiger partial charge >= 0.3 is 8.80 Å². The van der Waals surface area contributed by atoms with Crippen molar-refractivity contribution in [2.75, 3.05) is 21.3 Å². The van der Waals surface area contributed by atoms with Crippen LogP contribution in [0.2, 0.25) is 6.04 Å². The fraction of sp³-hybridized carbons (Fsp3) is 0.818. The van der Waals surface area contributed by atoms with Gasteiger partial charge in [-0.2, -0.15) is 0 Å². The standard InChI is InChI=1S/C6H10.C5H14O3Si/c1-2-4-6-5-3-1;1-5-9(6-2,7-3)8-4/h1-2H,3-6H2;5H2,1-4H3. The lowest BCUT2D eigenvalue weighted by Crippen LogP contribution is -2.41. The summed E-state index contributed by atoms with van der Waals surface area (Å²) in [6.45, 7) is 1.99. The van der Waals surface area contributed by atoms with Crippen molar-refractivity contribution in [3.05, 3.63) is 12.2 Å². The normalized spacial score (nSPS) is 15.7. The summed E-state index contributed by atoms with van der Waals surface area (Å²) < 4.78 is 15.2. The molecule has 1 aliphatic carbocycles. The van der Waals surface area contributed by atoms with E-state index in [1.54, 1.807) is 21.3 Å². The molecule has 0 saturated carbocycles. The molecular formula is C11H24O3Si. The number of allylic oxidation sites excluding steroid dienone is 2. The summed E-state index contributed by atoms with van der Waals surface area (Å²) in [5.74, 6) is 0. The summed E-state index contributed by atoms with van der Waals surface area (Å²) in [6, 6.07) is 0.816. The predicted octanol–water partition coefficient (Wildman–Crippen LogP) is 3.00. The molecule has 90 valence electrons. The van der Waals surface area contributed by atoms with E-state index in [2.05, 4.69) is 12.2 Å². The Morgan fingerprint density at radius 3 is 1.40 bits per heavy atom. The maximum Gasteiger partial charge on any atom is 0.499 e. The molecule has 3 nitrogen and oxygen atoms in total. The van der Waals surface area contributed by atoms with Crippen LogP contribution >= 0.6 is 0 Å². The van der Waals surface area contributed by atoms with E-state index in [4.69, 9.17) is 13.3 Å². The Labute approximate surface area is 94.8 Å². The maximum atomic E-state index is 5.08. The highest BCUT2D eigenvalue weighted by atomic mass is 28.4. The first-order chi connectivity index (χ1) is 7.24. The summed E-state index contributed by atoms with van der Waals surface area (Å²) in [5.41, 5.74) is 0. The first kappa shape index (κ1) is 14.8. The van der Waals surface area contributed by atoms with Crippen molar-refractivity contribution in [1.82, 2.24) is 0 Å².